The van der Waals surface area contributed by atoms with E-state index < -0.39 is 10.1 Å². The monoisotopic (exact) mass is 443 g/mol. The fourth-order valence-electron chi connectivity index (χ4n) is 2.54. The summed E-state index contributed by atoms with van der Waals surface area (Å²) in [5.41, 5.74) is 1.20. The first kappa shape index (κ1) is 22.5. The number of halogens is 2. The van der Waals surface area contributed by atoms with E-state index in [-0.39, 0.29) is 23.5 Å². The van der Waals surface area contributed by atoms with Crippen molar-refractivity contribution in [2.75, 3.05) is 5.75 Å². The van der Waals surface area contributed by atoms with E-state index in [1.807, 2.05) is 19.9 Å². The lowest BCUT2D eigenvalue weighted by molar-refractivity contribution is 0.0671. The molecule has 0 N–H and O–H groups in total. The maximum absolute atomic E-state index is 13.1. The Balaban J connectivity index is 2.29. The molecular formula is C20H23Cl2NO4S. The van der Waals surface area contributed by atoms with Gasteiger partial charge in [0.2, 0.25) is 0 Å². The van der Waals surface area contributed by atoms with Crippen LogP contribution in [-0.2, 0) is 16.7 Å². The molecule has 0 bridgehead atoms. The number of carbonyl (C=O) groups is 1. The molecular weight excluding hydrogens is 421 g/mol. The molecule has 0 aliphatic carbocycles. The Hall–Kier alpha value is -1.76. The topological polar surface area (TPSA) is 63.7 Å². The third-order valence-electron chi connectivity index (χ3n) is 4.38. The Morgan fingerprint density at radius 1 is 1.11 bits per heavy atom. The summed E-state index contributed by atoms with van der Waals surface area (Å²) in [5.74, 6) is -0.0719. The molecule has 8 heteroatoms. The highest BCUT2D eigenvalue weighted by Crippen LogP contribution is 2.25. The first-order valence-electron chi connectivity index (χ1n) is 8.94. The van der Waals surface area contributed by atoms with Crippen LogP contribution >= 0.6 is 23.2 Å². The maximum Gasteiger partial charge on any atom is 0.308 e. The minimum absolute atomic E-state index is 0.0362. The van der Waals surface area contributed by atoms with Crippen LogP contribution in [0, 0.1) is 0 Å². The number of nitrogens with zero attached hydrogens (tertiary/aromatic N) is 1. The van der Waals surface area contributed by atoms with Crippen LogP contribution in [0.1, 0.15) is 43.1 Å². The van der Waals surface area contributed by atoms with Crippen LogP contribution < -0.4 is 4.18 Å². The summed E-state index contributed by atoms with van der Waals surface area (Å²) in [6.07, 6.45) is 0.757. The molecule has 0 aliphatic rings. The SMILES string of the molecule is CCC(C)N(Cc1cccc(OS(=O)(=O)CC)c1)C(=O)c1ccc(Cl)c(Cl)c1. The summed E-state index contributed by atoms with van der Waals surface area (Å²) in [4.78, 5) is 14.8. The fourth-order valence-corrected chi connectivity index (χ4v) is 3.35. The van der Waals surface area contributed by atoms with Crippen molar-refractivity contribution < 1.29 is 17.4 Å². The highest BCUT2D eigenvalue weighted by molar-refractivity contribution is 7.87. The predicted molar refractivity (Wildman–Crippen MR) is 113 cm³/mol. The van der Waals surface area contributed by atoms with Gasteiger partial charge in [0, 0.05) is 18.2 Å². The van der Waals surface area contributed by atoms with Crippen LogP contribution in [0.5, 0.6) is 5.75 Å². The maximum atomic E-state index is 13.1. The van der Waals surface area contributed by atoms with E-state index in [0.717, 1.165) is 12.0 Å². The smallest absolute Gasteiger partial charge is 0.308 e. The summed E-state index contributed by atoms with van der Waals surface area (Å²) in [6, 6.07) is 11.5. The number of rotatable bonds is 8. The molecule has 1 unspecified atom stereocenters. The Bertz CT molecular complexity index is 947. The third kappa shape index (κ3) is 5.87. The molecule has 0 heterocycles. The predicted octanol–water partition coefficient (Wildman–Crippen LogP) is 5.16. The summed E-state index contributed by atoms with van der Waals surface area (Å²) < 4.78 is 28.5. The molecule has 0 saturated heterocycles. The summed E-state index contributed by atoms with van der Waals surface area (Å²) in [5, 5.41) is 0.701. The van der Waals surface area contributed by atoms with Gasteiger partial charge in [0.05, 0.1) is 15.8 Å². The van der Waals surface area contributed by atoms with E-state index in [1.165, 1.54) is 6.92 Å². The van der Waals surface area contributed by atoms with Crippen LogP contribution in [0.2, 0.25) is 10.0 Å². The van der Waals surface area contributed by atoms with E-state index in [9.17, 15) is 13.2 Å². The van der Waals surface area contributed by atoms with Gasteiger partial charge in [-0.25, -0.2) is 0 Å². The number of carbonyl (C=O) groups excluding carboxylic acids is 1. The van der Waals surface area contributed by atoms with Crippen LogP contribution in [0.4, 0.5) is 0 Å². The van der Waals surface area contributed by atoms with Crippen molar-refractivity contribution in [2.24, 2.45) is 0 Å². The number of hydrogen-bond acceptors (Lipinski definition) is 4. The van der Waals surface area contributed by atoms with Gasteiger partial charge >= 0.3 is 10.1 Å². The van der Waals surface area contributed by atoms with Crippen molar-refractivity contribution in [1.82, 2.24) is 4.90 Å². The Morgan fingerprint density at radius 3 is 2.43 bits per heavy atom. The van der Waals surface area contributed by atoms with Gasteiger partial charge in [-0.2, -0.15) is 8.42 Å². The van der Waals surface area contributed by atoms with Gasteiger partial charge in [-0.1, -0.05) is 42.3 Å². The first-order valence-corrected chi connectivity index (χ1v) is 11.3. The van der Waals surface area contributed by atoms with Gasteiger partial charge in [-0.3, -0.25) is 4.79 Å². The van der Waals surface area contributed by atoms with Crippen LogP contribution in [0.15, 0.2) is 42.5 Å². The molecule has 5 nitrogen and oxygen atoms in total. The Kier molecular flexibility index (Phi) is 7.75. The van der Waals surface area contributed by atoms with Crippen molar-refractivity contribution in [3.63, 3.8) is 0 Å². The first-order chi connectivity index (χ1) is 13.2. The quantitative estimate of drug-likeness (QED) is 0.528. The van der Waals surface area contributed by atoms with E-state index in [2.05, 4.69) is 0 Å². The minimum atomic E-state index is -3.61. The summed E-state index contributed by atoms with van der Waals surface area (Å²) in [6.45, 7) is 5.77. The molecule has 0 aliphatic heterocycles. The van der Waals surface area contributed by atoms with Gasteiger partial charge in [-0.05, 0) is 56.2 Å². The zero-order chi connectivity index (χ0) is 20.9. The minimum Gasteiger partial charge on any atom is -0.382 e. The molecule has 0 fully saturated rings. The second-order valence-corrected chi connectivity index (χ2v) is 9.07. The number of hydrogen-bond donors (Lipinski definition) is 0. The van der Waals surface area contributed by atoms with Crippen molar-refractivity contribution >= 4 is 39.2 Å². The lowest BCUT2D eigenvalue weighted by Crippen LogP contribution is -2.37. The fraction of sp³-hybridized carbons (Fsp3) is 0.350. The summed E-state index contributed by atoms with van der Waals surface area (Å²) in [7, 11) is -3.61. The molecule has 28 heavy (non-hydrogen) atoms. The average Bonchev–Trinajstić information content (AvgIpc) is 2.67. The van der Waals surface area contributed by atoms with Crippen LogP contribution in [0.25, 0.3) is 0 Å². The van der Waals surface area contributed by atoms with E-state index in [4.69, 9.17) is 27.4 Å². The standard InChI is InChI=1S/C20H23Cl2NO4S/c1-4-14(3)23(20(24)16-9-10-18(21)19(22)12-16)13-15-7-6-8-17(11-15)27-28(25,26)5-2/h6-12,14H,4-5,13H2,1-3H3. The lowest BCUT2D eigenvalue weighted by Gasteiger charge is -2.29. The molecule has 2 aromatic carbocycles. The number of amides is 1. The van der Waals surface area contributed by atoms with Gasteiger partial charge in [0.1, 0.15) is 5.75 Å². The van der Waals surface area contributed by atoms with Gasteiger partial charge in [0.15, 0.2) is 0 Å². The second-order valence-electron chi connectivity index (χ2n) is 6.40. The van der Waals surface area contributed by atoms with E-state index >= 15 is 0 Å². The highest BCUT2D eigenvalue weighted by atomic mass is 35.5. The van der Waals surface area contributed by atoms with Crippen LogP contribution in [-0.4, -0.2) is 31.0 Å². The molecule has 152 valence electrons. The zero-order valence-corrected chi connectivity index (χ0v) is 18.3. The molecule has 2 rings (SSSR count). The molecule has 0 aromatic heterocycles. The van der Waals surface area contributed by atoms with Gasteiger partial charge in [-0.15, -0.1) is 0 Å². The molecule has 0 saturated carbocycles. The molecule has 1 amide bonds. The van der Waals surface area contributed by atoms with Crippen molar-refractivity contribution in [1.29, 1.82) is 0 Å². The van der Waals surface area contributed by atoms with Crippen molar-refractivity contribution in [3.05, 3.63) is 63.6 Å². The molecule has 0 spiro atoms. The number of benzene rings is 2. The van der Waals surface area contributed by atoms with Gasteiger partial charge < -0.3 is 9.08 Å². The van der Waals surface area contributed by atoms with Crippen molar-refractivity contribution in [3.8, 4) is 5.75 Å². The Morgan fingerprint density at radius 2 is 1.82 bits per heavy atom. The van der Waals surface area contributed by atoms with Gasteiger partial charge in [0.25, 0.3) is 5.91 Å². The molecule has 1 atom stereocenters. The second kappa shape index (κ2) is 9.63. The molecule has 2 aromatic rings. The normalized spacial score (nSPS) is 12.5. The summed E-state index contributed by atoms with van der Waals surface area (Å²) >= 11 is 12.0. The Labute approximate surface area is 176 Å². The largest absolute Gasteiger partial charge is 0.382 e. The third-order valence-corrected chi connectivity index (χ3v) is 6.27. The van der Waals surface area contributed by atoms with E-state index in [1.54, 1.807) is 41.3 Å². The highest BCUT2D eigenvalue weighted by Gasteiger charge is 2.22. The molecule has 0 radical (unpaired) electrons. The van der Waals surface area contributed by atoms with Crippen LogP contribution in [0.3, 0.4) is 0 Å². The average molecular weight is 444 g/mol. The van der Waals surface area contributed by atoms with E-state index in [0.29, 0.717) is 22.2 Å². The zero-order valence-electron chi connectivity index (χ0n) is 16.0. The lowest BCUT2D eigenvalue weighted by atomic mass is 10.1. The van der Waals surface area contributed by atoms with Crippen molar-refractivity contribution in [2.45, 2.75) is 39.8 Å².